The molecule has 1 aromatic heterocycles. The Balaban J connectivity index is 1.25. The summed E-state index contributed by atoms with van der Waals surface area (Å²) in [6, 6.07) is 12.2. The SMILES string of the molecule is COc1ccc(Br)c(C2(OCC(=O)N3CC4C[C@H](C)C(C3)N4c3ccc(C#N)cn3)CC2)c1. The van der Waals surface area contributed by atoms with E-state index in [1.165, 1.54) is 0 Å². The number of anilines is 1. The molecule has 0 N–H and O–H groups in total. The predicted octanol–water partition coefficient (Wildman–Crippen LogP) is 3.86. The highest BCUT2D eigenvalue weighted by Crippen LogP contribution is 2.52. The number of likely N-dealkylation sites (tertiary alicyclic amines) is 1. The maximum Gasteiger partial charge on any atom is 0.248 e. The molecule has 1 amide bonds. The van der Waals surface area contributed by atoms with Gasteiger partial charge < -0.3 is 19.3 Å². The van der Waals surface area contributed by atoms with Crippen LogP contribution in [0.2, 0.25) is 0 Å². The summed E-state index contributed by atoms with van der Waals surface area (Å²) < 4.78 is 12.6. The third kappa shape index (κ3) is 4.09. The molecular formula is C25H27BrN4O3. The number of aromatic nitrogens is 1. The van der Waals surface area contributed by atoms with Crippen molar-refractivity contribution in [1.29, 1.82) is 5.26 Å². The Morgan fingerprint density at radius 1 is 1.30 bits per heavy atom. The molecule has 1 saturated carbocycles. The summed E-state index contributed by atoms with van der Waals surface area (Å²) in [5.74, 6) is 2.18. The molecule has 8 heteroatoms. The monoisotopic (exact) mass is 510 g/mol. The Hall–Kier alpha value is -2.63. The summed E-state index contributed by atoms with van der Waals surface area (Å²) in [5.41, 5.74) is 1.19. The molecule has 3 heterocycles. The molecule has 33 heavy (non-hydrogen) atoms. The first-order valence-corrected chi connectivity index (χ1v) is 12.1. The van der Waals surface area contributed by atoms with Crippen molar-refractivity contribution in [2.24, 2.45) is 5.92 Å². The molecule has 1 aromatic carbocycles. The average molecular weight is 511 g/mol. The summed E-state index contributed by atoms with van der Waals surface area (Å²) in [4.78, 5) is 22.0. The first-order chi connectivity index (χ1) is 15.9. The lowest BCUT2D eigenvalue weighted by molar-refractivity contribution is -0.140. The highest BCUT2D eigenvalue weighted by Gasteiger charge is 2.49. The molecule has 5 rings (SSSR count). The molecule has 2 aromatic rings. The van der Waals surface area contributed by atoms with Gasteiger partial charge in [-0.25, -0.2) is 4.98 Å². The zero-order chi connectivity index (χ0) is 23.2. The van der Waals surface area contributed by atoms with Crippen molar-refractivity contribution < 1.29 is 14.3 Å². The van der Waals surface area contributed by atoms with E-state index in [0.29, 0.717) is 24.6 Å². The minimum atomic E-state index is -0.413. The van der Waals surface area contributed by atoms with E-state index in [0.717, 1.165) is 40.9 Å². The molecule has 2 bridgehead atoms. The van der Waals surface area contributed by atoms with Crippen molar-refractivity contribution in [3.05, 3.63) is 52.1 Å². The molecule has 2 unspecified atom stereocenters. The second-order valence-electron chi connectivity index (χ2n) is 9.29. The Morgan fingerprint density at radius 3 is 2.76 bits per heavy atom. The Morgan fingerprint density at radius 2 is 2.12 bits per heavy atom. The normalized spacial score (nSPS) is 25.0. The third-order valence-electron chi connectivity index (χ3n) is 7.22. The van der Waals surface area contributed by atoms with Crippen molar-refractivity contribution in [3.8, 4) is 11.8 Å². The van der Waals surface area contributed by atoms with E-state index in [4.69, 9.17) is 14.7 Å². The number of halogens is 1. The van der Waals surface area contributed by atoms with Crippen LogP contribution in [0.5, 0.6) is 5.75 Å². The van der Waals surface area contributed by atoms with E-state index in [1.54, 1.807) is 13.3 Å². The molecule has 0 spiro atoms. The van der Waals surface area contributed by atoms with Crippen molar-refractivity contribution in [1.82, 2.24) is 9.88 Å². The Labute approximate surface area is 202 Å². The third-order valence-corrected chi connectivity index (χ3v) is 7.92. The maximum absolute atomic E-state index is 13.2. The molecule has 3 fully saturated rings. The van der Waals surface area contributed by atoms with Gasteiger partial charge in [0.15, 0.2) is 0 Å². The number of fused-ring (bicyclic) bond motifs is 2. The molecule has 0 radical (unpaired) electrons. The van der Waals surface area contributed by atoms with Gasteiger partial charge in [0, 0.05) is 35.4 Å². The number of nitrogens with zero attached hydrogens (tertiary/aromatic N) is 4. The lowest BCUT2D eigenvalue weighted by Gasteiger charge is -2.42. The predicted molar refractivity (Wildman–Crippen MR) is 127 cm³/mol. The van der Waals surface area contributed by atoms with Gasteiger partial charge >= 0.3 is 0 Å². The standard InChI is InChI=1S/C25H27BrN4O3/c1-16-9-18-13-29(14-22(16)30(18)23-6-3-17(11-27)12-28-23)24(31)15-33-25(7-8-25)20-10-19(32-2)4-5-21(20)26/h3-6,10,12,16,18,22H,7-9,13-15H2,1-2H3/t16-,18?,22?/m0/s1. The van der Waals surface area contributed by atoms with Crippen molar-refractivity contribution in [3.63, 3.8) is 0 Å². The summed E-state index contributed by atoms with van der Waals surface area (Å²) in [6.07, 6.45) is 4.44. The van der Waals surface area contributed by atoms with Crippen molar-refractivity contribution in [2.45, 2.75) is 43.9 Å². The first-order valence-electron chi connectivity index (χ1n) is 11.3. The van der Waals surface area contributed by atoms with Crippen LogP contribution in [-0.2, 0) is 15.1 Å². The van der Waals surface area contributed by atoms with E-state index in [2.05, 4.69) is 38.8 Å². The second kappa shape index (κ2) is 8.62. The van der Waals surface area contributed by atoms with E-state index in [9.17, 15) is 4.79 Å². The second-order valence-corrected chi connectivity index (χ2v) is 10.1. The number of carbonyl (C=O) groups is 1. The summed E-state index contributed by atoms with van der Waals surface area (Å²) in [7, 11) is 1.65. The van der Waals surface area contributed by atoms with Crippen molar-refractivity contribution >= 4 is 27.7 Å². The molecule has 2 saturated heterocycles. The van der Waals surface area contributed by atoms with E-state index in [-0.39, 0.29) is 24.6 Å². The number of carbonyl (C=O) groups excluding carboxylic acids is 1. The molecule has 1 aliphatic carbocycles. The van der Waals surface area contributed by atoms with Gasteiger partial charge in [-0.1, -0.05) is 22.9 Å². The molecule has 172 valence electrons. The van der Waals surface area contributed by atoms with E-state index in [1.807, 2.05) is 35.2 Å². The number of hydrogen-bond acceptors (Lipinski definition) is 6. The molecular weight excluding hydrogens is 484 g/mol. The van der Waals surface area contributed by atoms with Gasteiger partial charge in [0.05, 0.1) is 24.3 Å². The van der Waals surface area contributed by atoms with Gasteiger partial charge in [-0.05, 0) is 55.5 Å². The van der Waals surface area contributed by atoms with Crippen LogP contribution in [-0.4, -0.2) is 54.7 Å². The van der Waals surface area contributed by atoms with Gasteiger partial charge in [0.2, 0.25) is 5.91 Å². The van der Waals surface area contributed by atoms with Crippen LogP contribution in [0.1, 0.15) is 37.3 Å². The minimum absolute atomic E-state index is 0.0387. The Bertz CT molecular complexity index is 1100. The van der Waals surface area contributed by atoms with E-state index >= 15 is 0 Å². The van der Waals surface area contributed by atoms with Crippen LogP contribution < -0.4 is 9.64 Å². The smallest absolute Gasteiger partial charge is 0.248 e. The van der Waals surface area contributed by atoms with Crippen LogP contribution >= 0.6 is 15.9 Å². The summed E-state index contributed by atoms with van der Waals surface area (Å²) >= 11 is 3.63. The maximum atomic E-state index is 13.2. The number of piperazine rings is 1. The van der Waals surface area contributed by atoms with Gasteiger partial charge in [0.1, 0.15) is 24.2 Å². The zero-order valence-corrected chi connectivity index (χ0v) is 20.4. The number of nitriles is 1. The fourth-order valence-corrected chi connectivity index (χ4v) is 5.88. The Kier molecular flexibility index (Phi) is 5.79. The summed E-state index contributed by atoms with van der Waals surface area (Å²) in [5, 5.41) is 9.05. The van der Waals surface area contributed by atoms with Gasteiger partial charge in [-0.15, -0.1) is 0 Å². The fourth-order valence-electron chi connectivity index (χ4n) is 5.27. The van der Waals surface area contributed by atoms with Gasteiger partial charge in [0.25, 0.3) is 0 Å². The lowest BCUT2D eigenvalue weighted by Crippen LogP contribution is -2.57. The summed E-state index contributed by atoms with van der Waals surface area (Å²) in [6.45, 7) is 3.65. The van der Waals surface area contributed by atoms with E-state index < -0.39 is 5.60 Å². The zero-order valence-electron chi connectivity index (χ0n) is 18.8. The number of methoxy groups -OCH3 is 1. The van der Waals surface area contributed by atoms with Gasteiger partial charge in [-0.3, -0.25) is 4.79 Å². The van der Waals surface area contributed by atoms with Crippen LogP contribution in [0.15, 0.2) is 41.0 Å². The van der Waals surface area contributed by atoms with Crippen LogP contribution in [0.4, 0.5) is 5.82 Å². The number of ether oxygens (including phenoxy) is 2. The largest absolute Gasteiger partial charge is 0.497 e. The fraction of sp³-hybridized carbons (Fsp3) is 0.480. The van der Waals surface area contributed by atoms with Gasteiger partial charge in [-0.2, -0.15) is 5.26 Å². The van der Waals surface area contributed by atoms with Crippen molar-refractivity contribution in [2.75, 3.05) is 31.7 Å². The highest BCUT2D eigenvalue weighted by molar-refractivity contribution is 9.10. The number of amides is 1. The number of benzene rings is 1. The lowest BCUT2D eigenvalue weighted by atomic mass is 10.0. The molecule has 2 aliphatic heterocycles. The number of hydrogen-bond donors (Lipinski definition) is 0. The number of rotatable bonds is 6. The molecule has 3 aliphatic rings. The number of pyridine rings is 1. The van der Waals surface area contributed by atoms with Crippen LogP contribution in [0.25, 0.3) is 0 Å². The van der Waals surface area contributed by atoms with Crippen LogP contribution in [0.3, 0.4) is 0 Å². The van der Waals surface area contributed by atoms with Crippen LogP contribution in [0, 0.1) is 17.2 Å². The highest BCUT2D eigenvalue weighted by atomic mass is 79.9. The molecule has 3 atom stereocenters. The first kappa shape index (κ1) is 22.2. The topological polar surface area (TPSA) is 78.7 Å². The quantitative estimate of drug-likeness (QED) is 0.587. The molecule has 7 nitrogen and oxygen atoms in total. The minimum Gasteiger partial charge on any atom is -0.497 e. The average Bonchev–Trinajstić information content (AvgIpc) is 3.59.